The maximum atomic E-state index is 13.2. The van der Waals surface area contributed by atoms with Crippen molar-refractivity contribution >= 4 is 43.0 Å². The van der Waals surface area contributed by atoms with Crippen LogP contribution in [0.1, 0.15) is 27.9 Å². The van der Waals surface area contributed by atoms with Crippen molar-refractivity contribution in [3.05, 3.63) is 71.0 Å². The highest BCUT2D eigenvalue weighted by atomic mass is 32.2. The van der Waals surface area contributed by atoms with E-state index in [1.165, 1.54) is 23.5 Å². The zero-order valence-electron chi connectivity index (χ0n) is 16.8. The lowest BCUT2D eigenvalue weighted by Crippen LogP contribution is -2.13. The van der Waals surface area contributed by atoms with E-state index in [0.29, 0.717) is 10.6 Å². The number of hydrogen-bond acceptors (Lipinski definition) is 5. The molecule has 0 saturated heterocycles. The maximum Gasteiger partial charge on any atom is 0.267 e. The molecule has 0 atom stereocenters. The topological polar surface area (TPSA) is 81.1 Å². The third-order valence-electron chi connectivity index (χ3n) is 4.88. The van der Waals surface area contributed by atoms with Crippen LogP contribution in [0, 0.1) is 13.8 Å². The number of anilines is 1. The minimum Gasteiger partial charge on any atom is -0.322 e. The van der Waals surface area contributed by atoms with E-state index in [2.05, 4.69) is 10.3 Å². The first-order chi connectivity index (χ1) is 14.3. The van der Waals surface area contributed by atoms with Crippen LogP contribution in [-0.4, -0.2) is 29.6 Å². The van der Waals surface area contributed by atoms with Gasteiger partial charge in [-0.25, -0.2) is 13.4 Å². The van der Waals surface area contributed by atoms with Crippen molar-refractivity contribution in [1.29, 1.82) is 0 Å². The van der Waals surface area contributed by atoms with Gasteiger partial charge in [0.05, 0.1) is 16.3 Å². The Morgan fingerprint density at radius 1 is 1.13 bits per heavy atom. The van der Waals surface area contributed by atoms with Gasteiger partial charge in [0, 0.05) is 29.2 Å². The molecule has 0 fully saturated rings. The highest BCUT2D eigenvalue weighted by Gasteiger charge is 2.22. The van der Waals surface area contributed by atoms with Gasteiger partial charge in [0.2, 0.25) is 0 Å². The summed E-state index contributed by atoms with van der Waals surface area (Å²) >= 11 is 1.35. The molecule has 3 aromatic heterocycles. The summed E-state index contributed by atoms with van der Waals surface area (Å²) in [6, 6.07) is 12.1. The number of aromatic nitrogens is 2. The summed E-state index contributed by atoms with van der Waals surface area (Å²) in [5, 5.41) is 3.84. The number of rotatable bonds is 5. The Morgan fingerprint density at radius 3 is 2.43 bits per heavy atom. The van der Waals surface area contributed by atoms with Gasteiger partial charge in [-0.1, -0.05) is 6.92 Å². The van der Waals surface area contributed by atoms with E-state index in [1.54, 1.807) is 19.1 Å². The number of amides is 1. The Bertz CT molecular complexity index is 1340. The van der Waals surface area contributed by atoms with Crippen LogP contribution in [-0.2, 0) is 9.84 Å². The second kappa shape index (κ2) is 7.70. The summed E-state index contributed by atoms with van der Waals surface area (Å²) in [6.45, 7) is 5.56. The number of sulfone groups is 1. The molecule has 8 heteroatoms. The number of carbonyl (C=O) groups is 1. The lowest BCUT2D eigenvalue weighted by molar-refractivity contribution is 0.103. The van der Waals surface area contributed by atoms with Crippen LogP contribution in [0.4, 0.5) is 5.69 Å². The molecule has 0 aliphatic carbocycles. The lowest BCUT2D eigenvalue weighted by atomic mass is 10.1. The van der Waals surface area contributed by atoms with Crippen molar-refractivity contribution < 1.29 is 13.2 Å². The molecule has 0 unspecified atom stereocenters. The number of thiophene rings is 1. The molecule has 1 N–H and O–H groups in total. The number of nitrogens with one attached hydrogen (secondary N) is 1. The highest BCUT2D eigenvalue weighted by Crippen LogP contribution is 2.36. The second-order valence-electron chi connectivity index (χ2n) is 7.01. The number of pyridine rings is 1. The van der Waals surface area contributed by atoms with Crippen LogP contribution < -0.4 is 5.32 Å². The Labute approximate surface area is 179 Å². The van der Waals surface area contributed by atoms with Crippen LogP contribution in [0.2, 0.25) is 0 Å². The van der Waals surface area contributed by atoms with E-state index in [0.717, 1.165) is 27.2 Å². The van der Waals surface area contributed by atoms with E-state index >= 15 is 0 Å². The average molecular weight is 440 g/mol. The first-order valence-electron chi connectivity index (χ1n) is 9.48. The summed E-state index contributed by atoms with van der Waals surface area (Å²) in [4.78, 5) is 19.4. The average Bonchev–Trinajstić information content (AvgIpc) is 3.35. The normalized spacial score (nSPS) is 11.7. The minimum atomic E-state index is -3.28. The molecule has 30 heavy (non-hydrogen) atoms. The lowest BCUT2D eigenvalue weighted by Gasteiger charge is -2.09. The van der Waals surface area contributed by atoms with Gasteiger partial charge in [0.1, 0.15) is 9.71 Å². The predicted octanol–water partition coefficient (Wildman–Crippen LogP) is 4.75. The summed E-state index contributed by atoms with van der Waals surface area (Å²) in [5.41, 5.74) is 3.30. The van der Waals surface area contributed by atoms with Crippen molar-refractivity contribution in [1.82, 2.24) is 9.55 Å². The molecule has 0 saturated carbocycles. The van der Waals surface area contributed by atoms with Crippen LogP contribution >= 0.6 is 11.3 Å². The molecule has 3 heterocycles. The van der Waals surface area contributed by atoms with Crippen LogP contribution in [0.5, 0.6) is 0 Å². The van der Waals surface area contributed by atoms with Gasteiger partial charge < -0.3 is 9.88 Å². The molecule has 0 bridgehead atoms. The summed E-state index contributed by atoms with van der Waals surface area (Å²) < 4.78 is 25.9. The Balaban J connectivity index is 1.75. The number of hydrogen-bond donors (Lipinski definition) is 1. The predicted molar refractivity (Wildman–Crippen MR) is 121 cm³/mol. The summed E-state index contributed by atoms with van der Waals surface area (Å²) in [7, 11) is -3.28. The molecule has 0 aliphatic heterocycles. The number of aryl methyl sites for hydroxylation is 2. The van der Waals surface area contributed by atoms with Crippen molar-refractivity contribution in [2.24, 2.45) is 0 Å². The van der Waals surface area contributed by atoms with Crippen molar-refractivity contribution in [2.75, 3.05) is 11.1 Å². The molecule has 0 aliphatic rings. The highest BCUT2D eigenvalue weighted by molar-refractivity contribution is 7.91. The summed E-state index contributed by atoms with van der Waals surface area (Å²) in [6.07, 6.45) is 3.81. The fraction of sp³-hybridized carbons (Fsp3) is 0.182. The monoisotopic (exact) mass is 439 g/mol. The van der Waals surface area contributed by atoms with Gasteiger partial charge in [-0.05, 0) is 61.9 Å². The number of carbonyl (C=O) groups excluding carboxylic acids is 1. The molecular weight excluding hydrogens is 418 g/mol. The number of fused-ring (bicyclic) bond motifs is 1. The van der Waals surface area contributed by atoms with E-state index in [9.17, 15) is 13.2 Å². The van der Waals surface area contributed by atoms with E-state index < -0.39 is 9.84 Å². The van der Waals surface area contributed by atoms with Gasteiger partial charge in [-0.3, -0.25) is 4.79 Å². The quantitative estimate of drug-likeness (QED) is 0.487. The zero-order chi connectivity index (χ0) is 21.5. The van der Waals surface area contributed by atoms with Crippen molar-refractivity contribution in [2.45, 2.75) is 25.7 Å². The van der Waals surface area contributed by atoms with Crippen LogP contribution in [0.3, 0.4) is 0 Å². The van der Waals surface area contributed by atoms with Gasteiger partial charge in [0.15, 0.2) is 9.84 Å². The second-order valence-corrected chi connectivity index (χ2v) is 10.3. The molecule has 0 radical (unpaired) electrons. The molecule has 4 rings (SSSR count). The standard InChI is InChI=1S/C22H21N3O3S2/c1-4-30(27,28)17-9-7-16(8-10-17)24-21(26)20-19(25-11-5-6-12-25)18-14(2)13-15(3)23-22(18)29-20/h5-13H,4H2,1-3H3,(H,24,26). The van der Waals surface area contributed by atoms with Crippen molar-refractivity contribution in [3.8, 4) is 5.69 Å². The summed E-state index contributed by atoms with van der Waals surface area (Å²) in [5.74, 6) is -0.225. The van der Waals surface area contributed by atoms with E-state index in [4.69, 9.17) is 0 Å². The molecule has 6 nitrogen and oxygen atoms in total. The first kappa shape index (κ1) is 20.3. The molecule has 1 aromatic carbocycles. The molecule has 4 aromatic rings. The Kier molecular flexibility index (Phi) is 5.21. The Hall–Kier alpha value is -2.97. The SMILES string of the molecule is CCS(=O)(=O)c1ccc(NC(=O)c2sc3nc(C)cc(C)c3c2-n2cccc2)cc1. The van der Waals surface area contributed by atoms with Crippen LogP contribution in [0.15, 0.2) is 59.8 Å². The van der Waals surface area contributed by atoms with Crippen LogP contribution in [0.25, 0.3) is 15.9 Å². The number of nitrogens with zero attached hydrogens (tertiary/aromatic N) is 2. The number of benzene rings is 1. The molecule has 0 spiro atoms. The van der Waals surface area contributed by atoms with E-state index in [-0.39, 0.29) is 16.6 Å². The van der Waals surface area contributed by atoms with E-state index in [1.807, 2.05) is 49.0 Å². The molecular formula is C22H21N3O3S2. The zero-order valence-corrected chi connectivity index (χ0v) is 18.5. The van der Waals surface area contributed by atoms with Gasteiger partial charge in [-0.2, -0.15) is 0 Å². The smallest absolute Gasteiger partial charge is 0.267 e. The first-order valence-corrected chi connectivity index (χ1v) is 12.0. The molecule has 154 valence electrons. The van der Waals surface area contributed by atoms with Gasteiger partial charge >= 0.3 is 0 Å². The fourth-order valence-electron chi connectivity index (χ4n) is 3.41. The van der Waals surface area contributed by atoms with Gasteiger partial charge in [0.25, 0.3) is 5.91 Å². The van der Waals surface area contributed by atoms with Gasteiger partial charge in [-0.15, -0.1) is 11.3 Å². The molecule has 1 amide bonds. The third kappa shape index (κ3) is 3.64. The largest absolute Gasteiger partial charge is 0.322 e. The minimum absolute atomic E-state index is 0.0342. The third-order valence-corrected chi connectivity index (χ3v) is 7.70. The fourth-order valence-corrected chi connectivity index (χ4v) is 5.48. The maximum absolute atomic E-state index is 13.2. The Morgan fingerprint density at radius 2 is 1.80 bits per heavy atom. The van der Waals surface area contributed by atoms with Crippen molar-refractivity contribution in [3.63, 3.8) is 0 Å².